The highest BCUT2D eigenvalue weighted by atomic mass is 16.3. The Bertz CT molecular complexity index is 4260. The van der Waals surface area contributed by atoms with Gasteiger partial charge in [-0.25, -0.2) is 4.98 Å². The first-order valence-electron chi connectivity index (χ1n) is 22.6. The topological polar surface area (TPSA) is 61.7 Å². The van der Waals surface area contributed by atoms with Crippen LogP contribution in [0.5, 0.6) is 0 Å². The van der Waals surface area contributed by atoms with Crippen LogP contribution in [0.25, 0.3) is 133 Å². The summed E-state index contributed by atoms with van der Waals surface area (Å²) in [7, 11) is 0. The zero-order chi connectivity index (χ0) is 44.0. The van der Waals surface area contributed by atoms with E-state index in [0.717, 1.165) is 99.2 Å². The van der Waals surface area contributed by atoms with Gasteiger partial charge in [-0.15, -0.1) is 0 Å². The molecule has 0 bridgehead atoms. The molecular formula is C61H37N5O. The molecule has 14 aromatic rings. The third kappa shape index (κ3) is 5.86. The van der Waals surface area contributed by atoms with E-state index in [1.54, 1.807) is 0 Å². The molecule has 0 radical (unpaired) electrons. The quantitative estimate of drug-likeness (QED) is 0.167. The summed E-state index contributed by atoms with van der Waals surface area (Å²) in [4.78, 5) is 16.0. The van der Waals surface area contributed by atoms with Crippen LogP contribution in [-0.4, -0.2) is 24.1 Å². The van der Waals surface area contributed by atoms with Crippen LogP contribution < -0.4 is 0 Å². The lowest BCUT2D eigenvalue weighted by Crippen LogP contribution is -2.06. The molecule has 6 heteroatoms. The lowest BCUT2D eigenvalue weighted by Gasteiger charge is -2.12. The highest BCUT2D eigenvalue weighted by Gasteiger charge is 2.25. The third-order valence-electron chi connectivity index (χ3n) is 13.4. The number of hydrogen-bond donors (Lipinski definition) is 0. The van der Waals surface area contributed by atoms with E-state index < -0.39 is 0 Å². The summed E-state index contributed by atoms with van der Waals surface area (Å²) < 4.78 is 11.9. The number of para-hydroxylation sites is 2. The minimum atomic E-state index is 0.506. The minimum Gasteiger partial charge on any atom is -0.452 e. The molecule has 6 nitrogen and oxygen atoms in total. The average Bonchev–Trinajstić information content (AvgIpc) is 4.07. The van der Waals surface area contributed by atoms with Crippen molar-refractivity contribution in [3.05, 3.63) is 224 Å². The second-order valence-electron chi connectivity index (χ2n) is 17.2. The van der Waals surface area contributed by atoms with E-state index in [0.29, 0.717) is 17.6 Å². The average molecular weight is 856 g/mol. The number of furan rings is 1. The predicted octanol–water partition coefficient (Wildman–Crippen LogP) is 15.8. The Balaban J connectivity index is 1.05. The highest BCUT2D eigenvalue weighted by Crippen LogP contribution is 2.44. The number of rotatable bonds is 6. The highest BCUT2D eigenvalue weighted by molar-refractivity contribution is 6.26. The van der Waals surface area contributed by atoms with E-state index in [-0.39, 0.29) is 0 Å². The zero-order valence-electron chi connectivity index (χ0n) is 36.0. The molecule has 0 fully saturated rings. The van der Waals surface area contributed by atoms with E-state index in [4.69, 9.17) is 19.4 Å². The third-order valence-corrected chi connectivity index (χ3v) is 13.4. The molecule has 0 N–H and O–H groups in total. The molecule has 10 aromatic carbocycles. The van der Waals surface area contributed by atoms with Crippen molar-refractivity contribution in [3.8, 4) is 56.7 Å². The lowest BCUT2D eigenvalue weighted by atomic mass is 10.0. The summed E-state index contributed by atoms with van der Waals surface area (Å²) in [6.45, 7) is 0. The predicted molar refractivity (Wildman–Crippen MR) is 275 cm³/mol. The molecule has 0 amide bonds. The van der Waals surface area contributed by atoms with Crippen LogP contribution in [-0.2, 0) is 0 Å². The van der Waals surface area contributed by atoms with E-state index in [9.17, 15) is 0 Å². The fraction of sp³-hybridized carbons (Fsp3) is 0. The van der Waals surface area contributed by atoms with Crippen LogP contribution in [0.15, 0.2) is 229 Å². The number of hydrogen-bond acceptors (Lipinski definition) is 4. The summed E-state index contributed by atoms with van der Waals surface area (Å²) in [6, 6.07) is 79.1. The summed E-state index contributed by atoms with van der Waals surface area (Å²) in [5.74, 6) is 1.66. The molecule has 0 aliphatic heterocycles. The second kappa shape index (κ2) is 14.7. The molecule has 67 heavy (non-hydrogen) atoms. The van der Waals surface area contributed by atoms with E-state index in [1.165, 1.54) is 16.2 Å². The summed E-state index contributed by atoms with van der Waals surface area (Å²) in [6.07, 6.45) is 0. The molecular weight excluding hydrogens is 819 g/mol. The van der Waals surface area contributed by atoms with Gasteiger partial charge in [-0.2, -0.15) is 9.97 Å². The van der Waals surface area contributed by atoms with Crippen molar-refractivity contribution in [2.45, 2.75) is 0 Å². The molecule has 0 aliphatic carbocycles. The van der Waals surface area contributed by atoms with E-state index in [2.05, 4.69) is 221 Å². The van der Waals surface area contributed by atoms with Crippen LogP contribution in [0.3, 0.4) is 0 Å². The van der Waals surface area contributed by atoms with Gasteiger partial charge >= 0.3 is 0 Å². The van der Waals surface area contributed by atoms with Crippen LogP contribution in [0.1, 0.15) is 0 Å². The fourth-order valence-electron chi connectivity index (χ4n) is 10.2. The molecule has 4 aromatic heterocycles. The van der Waals surface area contributed by atoms with Gasteiger partial charge in [0, 0.05) is 49.1 Å². The van der Waals surface area contributed by atoms with Crippen molar-refractivity contribution in [2.75, 3.05) is 0 Å². The van der Waals surface area contributed by atoms with Crippen molar-refractivity contribution in [1.82, 2.24) is 24.1 Å². The van der Waals surface area contributed by atoms with E-state index in [1.807, 2.05) is 12.1 Å². The van der Waals surface area contributed by atoms with Gasteiger partial charge in [0.1, 0.15) is 5.52 Å². The molecule has 0 atom stereocenters. The zero-order valence-corrected chi connectivity index (χ0v) is 36.0. The van der Waals surface area contributed by atoms with Crippen LogP contribution in [0, 0.1) is 0 Å². The van der Waals surface area contributed by atoms with Crippen molar-refractivity contribution >= 4 is 76.3 Å². The first-order valence-corrected chi connectivity index (χ1v) is 22.6. The molecule has 0 unspecified atom stereocenters. The molecule has 0 aliphatic rings. The SMILES string of the molecule is c1ccc(-c2ccc(-c3nc(-c4cccc(-c5ccccc5)c4)nc(-n4c5ccccc5c5ccc6c7ccc8c9ccccc9n(-c9ccc%10ccccc%10c9)c8c7oc6c54)n3)cc2)cc1. The Morgan fingerprint density at radius 3 is 1.48 bits per heavy atom. The normalized spacial score (nSPS) is 11.9. The Kier molecular flexibility index (Phi) is 8.18. The monoisotopic (exact) mass is 855 g/mol. The van der Waals surface area contributed by atoms with Crippen molar-refractivity contribution in [1.29, 1.82) is 0 Å². The number of nitrogens with zero attached hydrogens (tertiary/aromatic N) is 5. The summed E-state index contributed by atoms with van der Waals surface area (Å²) >= 11 is 0. The van der Waals surface area contributed by atoms with Gasteiger partial charge in [-0.05, 0) is 75.5 Å². The van der Waals surface area contributed by atoms with E-state index >= 15 is 0 Å². The summed E-state index contributed by atoms with van der Waals surface area (Å²) in [5, 5.41) is 8.88. The first kappa shape index (κ1) is 37.3. The molecule has 0 saturated heterocycles. The van der Waals surface area contributed by atoms with Crippen molar-refractivity contribution in [2.24, 2.45) is 0 Å². The maximum Gasteiger partial charge on any atom is 0.238 e. The Morgan fingerprint density at radius 1 is 0.299 bits per heavy atom. The van der Waals surface area contributed by atoms with Crippen LogP contribution in [0.4, 0.5) is 0 Å². The maximum absolute atomic E-state index is 7.39. The van der Waals surface area contributed by atoms with Crippen LogP contribution >= 0.6 is 0 Å². The van der Waals surface area contributed by atoms with Gasteiger partial charge in [-0.3, -0.25) is 4.57 Å². The largest absolute Gasteiger partial charge is 0.452 e. The molecule has 0 spiro atoms. The smallest absolute Gasteiger partial charge is 0.238 e. The van der Waals surface area contributed by atoms with Gasteiger partial charge in [-0.1, -0.05) is 182 Å². The first-order chi connectivity index (χ1) is 33.2. The number of aromatic nitrogens is 5. The van der Waals surface area contributed by atoms with Gasteiger partial charge in [0.2, 0.25) is 5.95 Å². The summed E-state index contributed by atoms with van der Waals surface area (Å²) in [5.41, 5.74) is 13.0. The van der Waals surface area contributed by atoms with Crippen molar-refractivity contribution in [3.63, 3.8) is 0 Å². The standard InChI is InChI=1S/C61H37N5O/c1-3-14-38(15-4-1)41-26-28-42(29-27-41)59-62-60(45-21-13-20-43(36-45)39-16-5-2-6-17-39)64-61(63-59)66-54-25-12-10-23-48(54)50-33-35-52-51-34-32-49-47-22-9-11-24-53(47)65(55(49)57(51)67-58(52)56(50)66)46-31-30-40-18-7-8-19-44(40)37-46/h1-37H. The van der Waals surface area contributed by atoms with Gasteiger partial charge in [0.25, 0.3) is 0 Å². The van der Waals surface area contributed by atoms with Crippen LogP contribution in [0.2, 0.25) is 0 Å². The minimum absolute atomic E-state index is 0.506. The fourth-order valence-corrected chi connectivity index (χ4v) is 10.2. The number of fused-ring (bicyclic) bond motifs is 12. The second-order valence-corrected chi connectivity index (χ2v) is 17.2. The van der Waals surface area contributed by atoms with Gasteiger partial charge < -0.3 is 8.98 Å². The van der Waals surface area contributed by atoms with Gasteiger partial charge in [0.15, 0.2) is 22.8 Å². The Hall–Kier alpha value is -9.13. The van der Waals surface area contributed by atoms with Gasteiger partial charge in [0.05, 0.1) is 16.6 Å². The lowest BCUT2D eigenvalue weighted by molar-refractivity contribution is 0.673. The molecule has 4 heterocycles. The molecule has 312 valence electrons. The molecule has 14 rings (SSSR count). The Labute approximate surface area is 384 Å². The molecule has 0 saturated carbocycles. The maximum atomic E-state index is 7.39. The van der Waals surface area contributed by atoms with Crippen molar-refractivity contribution < 1.29 is 4.42 Å². The Morgan fingerprint density at radius 2 is 0.791 bits per heavy atom. The number of benzene rings is 10.